The highest BCUT2D eigenvalue weighted by Crippen LogP contribution is 2.61. The lowest BCUT2D eigenvalue weighted by Gasteiger charge is -2.45. The molecule has 0 saturated carbocycles. The Morgan fingerprint density at radius 3 is 1.53 bits per heavy atom. The molecular formula is C34H23NO3. The molecule has 2 amide bonds. The van der Waals surface area contributed by atoms with E-state index in [-0.39, 0.29) is 35.5 Å². The molecule has 2 atom stereocenters. The summed E-state index contributed by atoms with van der Waals surface area (Å²) in [6.45, 7) is 0. The molecule has 5 aromatic carbocycles. The van der Waals surface area contributed by atoms with Crippen LogP contribution in [0.15, 0.2) is 115 Å². The lowest BCUT2D eigenvalue weighted by molar-refractivity contribution is -0.122. The Labute approximate surface area is 220 Å². The number of hydrogen-bond acceptors (Lipinski definition) is 3. The van der Waals surface area contributed by atoms with Gasteiger partial charge in [-0.15, -0.1) is 0 Å². The van der Waals surface area contributed by atoms with Gasteiger partial charge in [-0.2, -0.15) is 0 Å². The lowest BCUT2D eigenvalue weighted by Crippen LogP contribution is -2.41. The summed E-state index contributed by atoms with van der Waals surface area (Å²) in [5.74, 6) is 0.202. The van der Waals surface area contributed by atoms with Crippen molar-refractivity contribution in [2.45, 2.75) is 11.8 Å². The summed E-state index contributed by atoms with van der Waals surface area (Å²) in [7, 11) is 0. The van der Waals surface area contributed by atoms with E-state index >= 15 is 0 Å². The number of amides is 2. The average molecular weight is 494 g/mol. The van der Waals surface area contributed by atoms with Crippen molar-refractivity contribution in [2.24, 2.45) is 11.8 Å². The Bertz CT molecular complexity index is 1660. The zero-order valence-electron chi connectivity index (χ0n) is 20.5. The van der Waals surface area contributed by atoms with Crippen LogP contribution in [0.2, 0.25) is 0 Å². The van der Waals surface area contributed by atoms with E-state index in [1.165, 1.54) is 27.2 Å². The van der Waals surface area contributed by atoms with Gasteiger partial charge in [0.25, 0.3) is 0 Å². The molecule has 1 heterocycles. The van der Waals surface area contributed by atoms with Crippen molar-refractivity contribution in [1.29, 1.82) is 0 Å². The first-order valence-electron chi connectivity index (χ1n) is 13.0. The van der Waals surface area contributed by atoms with E-state index in [0.717, 1.165) is 16.5 Å². The van der Waals surface area contributed by atoms with Gasteiger partial charge in [0, 0.05) is 11.8 Å². The van der Waals surface area contributed by atoms with Crippen molar-refractivity contribution in [3.8, 4) is 11.5 Å². The van der Waals surface area contributed by atoms with Gasteiger partial charge in [-0.25, -0.2) is 4.90 Å². The number of nitrogens with zero attached hydrogens (tertiary/aromatic N) is 1. The largest absolute Gasteiger partial charge is 0.457 e. The van der Waals surface area contributed by atoms with Gasteiger partial charge in [-0.1, -0.05) is 78.9 Å². The highest BCUT2D eigenvalue weighted by molar-refractivity contribution is 6.23. The third-order valence-corrected chi connectivity index (χ3v) is 8.50. The third-order valence-electron chi connectivity index (χ3n) is 8.50. The fraction of sp³-hybridized carbons (Fsp3) is 0.118. The van der Waals surface area contributed by atoms with Gasteiger partial charge in [-0.05, 0) is 69.4 Å². The molecule has 9 rings (SSSR count). The van der Waals surface area contributed by atoms with Gasteiger partial charge in [0.15, 0.2) is 0 Å². The first kappa shape index (κ1) is 21.4. The molecule has 0 N–H and O–H groups in total. The third kappa shape index (κ3) is 2.91. The molecule has 4 nitrogen and oxygen atoms in total. The first-order chi connectivity index (χ1) is 18.7. The van der Waals surface area contributed by atoms with E-state index in [0.29, 0.717) is 11.4 Å². The van der Waals surface area contributed by atoms with Crippen molar-refractivity contribution in [3.63, 3.8) is 0 Å². The summed E-state index contributed by atoms with van der Waals surface area (Å²) in [5, 5.41) is 2.26. The molecule has 0 unspecified atom stereocenters. The van der Waals surface area contributed by atoms with Gasteiger partial charge in [-0.3, -0.25) is 9.59 Å². The molecule has 182 valence electrons. The van der Waals surface area contributed by atoms with E-state index in [9.17, 15) is 9.59 Å². The maximum atomic E-state index is 13.9. The normalized spacial score (nSPS) is 22.8. The van der Waals surface area contributed by atoms with Crippen molar-refractivity contribution < 1.29 is 14.3 Å². The fourth-order valence-corrected chi connectivity index (χ4v) is 6.96. The Hall–Kier alpha value is -4.70. The molecule has 1 aliphatic heterocycles. The zero-order chi connectivity index (χ0) is 25.4. The van der Waals surface area contributed by atoms with Crippen LogP contribution >= 0.6 is 0 Å². The summed E-state index contributed by atoms with van der Waals surface area (Å²) in [6.07, 6.45) is 0. The molecule has 4 aliphatic rings. The quantitative estimate of drug-likeness (QED) is 0.254. The van der Waals surface area contributed by atoms with E-state index in [2.05, 4.69) is 36.4 Å². The van der Waals surface area contributed by atoms with Gasteiger partial charge >= 0.3 is 0 Å². The molecule has 5 aromatic rings. The average Bonchev–Trinajstić information content (AvgIpc) is 3.23. The predicted octanol–water partition coefficient (Wildman–Crippen LogP) is 7.03. The molecule has 38 heavy (non-hydrogen) atoms. The highest BCUT2D eigenvalue weighted by Gasteiger charge is 2.61. The SMILES string of the molecule is O=C1[C@@H]2C3c4ccccc4C(c4ccccc43)[C@@H]2C(=O)N1c1ccc(Oc2ccc3ccccc3c2)cc1. The lowest BCUT2D eigenvalue weighted by atomic mass is 9.55. The van der Waals surface area contributed by atoms with Gasteiger partial charge in [0.1, 0.15) is 11.5 Å². The summed E-state index contributed by atoms with van der Waals surface area (Å²) in [4.78, 5) is 29.3. The van der Waals surface area contributed by atoms with E-state index in [1.54, 1.807) is 0 Å². The Kier molecular flexibility index (Phi) is 4.45. The van der Waals surface area contributed by atoms with E-state index < -0.39 is 0 Å². The van der Waals surface area contributed by atoms with Crippen LogP contribution in [0.3, 0.4) is 0 Å². The summed E-state index contributed by atoms with van der Waals surface area (Å²) < 4.78 is 6.09. The zero-order valence-corrected chi connectivity index (χ0v) is 20.5. The second kappa shape index (κ2) is 7.90. The van der Waals surface area contributed by atoms with Gasteiger partial charge in [0.2, 0.25) is 11.8 Å². The van der Waals surface area contributed by atoms with Crippen molar-refractivity contribution in [1.82, 2.24) is 0 Å². The smallest absolute Gasteiger partial charge is 0.238 e. The molecule has 0 spiro atoms. The van der Waals surface area contributed by atoms with Crippen LogP contribution in [0.25, 0.3) is 10.8 Å². The Morgan fingerprint density at radius 1 is 0.500 bits per heavy atom. The molecule has 1 fully saturated rings. The predicted molar refractivity (Wildman–Crippen MR) is 147 cm³/mol. The molecule has 0 radical (unpaired) electrons. The number of ether oxygens (including phenoxy) is 1. The van der Waals surface area contributed by atoms with Crippen molar-refractivity contribution >= 4 is 28.3 Å². The molecular weight excluding hydrogens is 470 g/mol. The first-order valence-corrected chi connectivity index (χ1v) is 13.0. The molecule has 2 bridgehead atoms. The summed E-state index contributed by atoms with van der Waals surface area (Å²) >= 11 is 0. The van der Waals surface area contributed by atoms with Crippen molar-refractivity contribution in [3.05, 3.63) is 138 Å². The van der Waals surface area contributed by atoms with Crippen LogP contribution in [0.1, 0.15) is 34.1 Å². The van der Waals surface area contributed by atoms with Crippen LogP contribution in [-0.2, 0) is 9.59 Å². The summed E-state index contributed by atoms with van der Waals surface area (Å²) in [5.41, 5.74) is 5.31. The summed E-state index contributed by atoms with van der Waals surface area (Å²) in [6, 6.07) is 38.0. The fourth-order valence-electron chi connectivity index (χ4n) is 6.96. The number of carbonyl (C=O) groups excluding carboxylic acids is 2. The number of benzene rings is 5. The minimum atomic E-state index is -0.383. The van der Waals surface area contributed by atoms with Crippen LogP contribution in [0, 0.1) is 11.8 Å². The van der Waals surface area contributed by atoms with Crippen LogP contribution in [0.5, 0.6) is 11.5 Å². The molecule has 3 aliphatic carbocycles. The topological polar surface area (TPSA) is 46.6 Å². The maximum absolute atomic E-state index is 13.9. The number of fused-ring (bicyclic) bond motifs is 1. The second-order valence-corrected chi connectivity index (χ2v) is 10.4. The van der Waals surface area contributed by atoms with Crippen molar-refractivity contribution in [2.75, 3.05) is 4.90 Å². The highest BCUT2D eigenvalue weighted by atomic mass is 16.5. The number of carbonyl (C=O) groups is 2. The number of hydrogen-bond donors (Lipinski definition) is 0. The Morgan fingerprint density at radius 2 is 0.974 bits per heavy atom. The Balaban J connectivity index is 1.13. The van der Waals surface area contributed by atoms with Gasteiger partial charge < -0.3 is 4.74 Å². The number of anilines is 1. The van der Waals surface area contributed by atoms with Gasteiger partial charge in [0.05, 0.1) is 17.5 Å². The van der Waals surface area contributed by atoms with Crippen LogP contribution in [-0.4, -0.2) is 11.8 Å². The monoisotopic (exact) mass is 493 g/mol. The minimum Gasteiger partial charge on any atom is -0.457 e. The van der Waals surface area contributed by atoms with E-state index in [4.69, 9.17) is 4.74 Å². The molecule has 4 heteroatoms. The standard InChI is InChI=1S/C34H23NO3/c36-33-31-29-25-9-3-4-10-26(25)30(28-12-6-5-11-27(28)29)32(31)34(37)35(33)22-14-17-23(18-15-22)38-24-16-13-20-7-1-2-8-21(20)19-24/h1-19,29-32H/t29?,30?,31-,32+. The number of rotatable bonds is 3. The van der Waals surface area contributed by atoms with Crippen LogP contribution in [0.4, 0.5) is 5.69 Å². The molecule has 0 aromatic heterocycles. The molecule has 1 saturated heterocycles. The van der Waals surface area contributed by atoms with E-state index in [1.807, 2.05) is 78.9 Å². The second-order valence-electron chi connectivity index (χ2n) is 10.4. The minimum absolute atomic E-state index is 0.102. The van der Waals surface area contributed by atoms with Crippen LogP contribution < -0.4 is 9.64 Å². The maximum Gasteiger partial charge on any atom is 0.238 e. The number of imide groups is 1.